The number of carbonyl (C=O) groups is 5. The lowest BCUT2D eigenvalue weighted by atomic mass is 9.98. The minimum absolute atomic E-state index is 0.000916. The van der Waals surface area contributed by atoms with E-state index in [1.165, 1.54) is 6.92 Å². The lowest BCUT2D eigenvalue weighted by Crippen LogP contribution is -2.57. The maximum absolute atomic E-state index is 13.6. The number of primary amides is 1. The van der Waals surface area contributed by atoms with E-state index in [-0.39, 0.29) is 43.6 Å². The Morgan fingerprint density at radius 2 is 1.19 bits per heavy atom. The van der Waals surface area contributed by atoms with Crippen LogP contribution in [-0.4, -0.2) is 66.2 Å². The van der Waals surface area contributed by atoms with Crippen LogP contribution in [0.4, 0.5) is 0 Å². The fourth-order valence-corrected chi connectivity index (χ4v) is 4.21. The van der Waals surface area contributed by atoms with E-state index < -0.39 is 59.7 Å². The molecule has 0 bridgehead atoms. The van der Waals surface area contributed by atoms with Crippen LogP contribution in [-0.2, 0) is 24.0 Å². The number of amides is 5. The van der Waals surface area contributed by atoms with Gasteiger partial charge in [-0.3, -0.25) is 29.0 Å². The predicted molar refractivity (Wildman–Crippen MR) is 165 cm³/mol. The average Bonchev–Trinajstić information content (AvgIpc) is 2.91. The number of nitrogens with two attached hydrogens (primary N) is 4. The van der Waals surface area contributed by atoms with Gasteiger partial charge in [-0.15, -0.1) is 0 Å². The Kier molecular flexibility index (Phi) is 15.7. The number of carbonyl (C=O) groups excluding carboxylic acids is 5. The van der Waals surface area contributed by atoms with Gasteiger partial charge in [0.05, 0.1) is 6.04 Å². The summed E-state index contributed by atoms with van der Waals surface area (Å²) >= 11 is 0. The summed E-state index contributed by atoms with van der Waals surface area (Å²) in [7, 11) is 0. The number of nitrogens with zero attached hydrogens (tertiary/aromatic N) is 1. The summed E-state index contributed by atoms with van der Waals surface area (Å²) in [5, 5.41) is 10.7. The lowest BCUT2D eigenvalue weighted by Gasteiger charge is -2.28. The van der Waals surface area contributed by atoms with E-state index in [1.54, 1.807) is 30.3 Å². The van der Waals surface area contributed by atoms with E-state index in [1.807, 2.05) is 27.7 Å². The van der Waals surface area contributed by atoms with Crippen LogP contribution in [0.2, 0.25) is 0 Å². The molecule has 1 unspecified atom stereocenters. The molecule has 0 spiro atoms. The van der Waals surface area contributed by atoms with Gasteiger partial charge in [-0.25, -0.2) is 0 Å². The topological polar surface area (TPSA) is 250 Å². The first-order valence-electron chi connectivity index (χ1n) is 14.5. The highest BCUT2D eigenvalue weighted by atomic mass is 16.2. The Labute approximate surface area is 253 Å². The molecule has 12 N–H and O–H groups in total. The van der Waals surface area contributed by atoms with Gasteiger partial charge in [-0.05, 0) is 50.0 Å². The number of rotatable bonds is 18. The van der Waals surface area contributed by atoms with Crippen LogP contribution in [0.25, 0.3) is 0 Å². The molecular weight excluding hydrogens is 554 g/mol. The van der Waals surface area contributed by atoms with Crippen molar-refractivity contribution < 1.29 is 24.0 Å². The Hall–Kier alpha value is -4.20. The summed E-state index contributed by atoms with van der Waals surface area (Å²) in [6.45, 7) is 9.28. The van der Waals surface area contributed by atoms with Gasteiger partial charge in [0.15, 0.2) is 5.96 Å². The van der Waals surface area contributed by atoms with Gasteiger partial charge in [0.25, 0.3) is 0 Å². The number of hydrogen-bond acceptors (Lipinski definition) is 7. The van der Waals surface area contributed by atoms with E-state index in [9.17, 15) is 24.0 Å². The molecule has 240 valence electrons. The Balaban J connectivity index is 3.15. The van der Waals surface area contributed by atoms with Crippen LogP contribution in [0, 0.1) is 11.8 Å². The van der Waals surface area contributed by atoms with Crippen molar-refractivity contribution in [2.45, 2.75) is 90.5 Å². The maximum atomic E-state index is 13.6. The van der Waals surface area contributed by atoms with Crippen LogP contribution < -0.4 is 44.2 Å². The molecular formula is C29H49N9O5. The second-order valence-electron chi connectivity index (χ2n) is 11.4. The monoisotopic (exact) mass is 603 g/mol. The molecule has 1 aromatic carbocycles. The van der Waals surface area contributed by atoms with E-state index in [2.05, 4.69) is 26.3 Å². The van der Waals surface area contributed by atoms with Crippen molar-refractivity contribution in [3.05, 3.63) is 35.9 Å². The van der Waals surface area contributed by atoms with Crippen LogP contribution in [0.15, 0.2) is 35.3 Å². The Morgan fingerprint density at radius 1 is 0.698 bits per heavy atom. The van der Waals surface area contributed by atoms with Gasteiger partial charge < -0.3 is 44.2 Å². The largest absolute Gasteiger partial charge is 0.370 e. The normalized spacial score (nSPS) is 14.5. The Bertz CT molecular complexity index is 1100. The molecule has 5 atom stereocenters. The van der Waals surface area contributed by atoms with Crippen molar-refractivity contribution in [1.29, 1.82) is 0 Å². The van der Waals surface area contributed by atoms with Gasteiger partial charge in [0.2, 0.25) is 29.5 Å². The molecule has 0 aliphatic rings. The third-order valence-corrected chi connectivity index (χ3v) is 6.38. The number of hydrogen-bond donors (Lipinski definition) is 8. The molecule has 0 aromatic heterocycles. The molecule has 0 aliphatic carbocycles. The quantitative estimate of drug-likeness (QED) is 0.0602. The standard InChI is InChI=1S/C29H49N9O5/c1-16(2)14-21(26(41)35-20(24(31)39)12-9-13-34-29(32)33)36-27(42)22(15-17(3)4)37-28(43)23(38-25(40)18(5)30)19-10-7-6-8-11-19/h6-8,10-11,16-18,20-23H,9,12-15,30H2,1-5H3,(H2,31,39)(H,35,41)(H,36,42)(H,37,43)(H,38,40)(H4,32,33,34)/t18-,20-,21-,22-,23?/m0/s1. The summed E-state index contributed by atoms with van der Waals surface area (Å²) < 4.78 is 0. The zero-order chi connectivity index (χ0) is 32.7. The van der Waals surface area contributed by atoms with E-state index in [4.69, 9.17) is 22.9 Å². The zero-order valence-electron chi connectivity index (χ0n) is 25.8. The molecule has 0 fully saturated rings. The van der Waals surface area contributed by atoms with Crippen LogP contribution >= 0.6 is 0 Å². The Morgan fingerprint density at radius 3 is 1.63 bits per heavy atom. The third kappa shape index (κ3) is 14.0. The number of nitrogens with one attached hydrogen (secondary N) is 4. The average molecular weight is 604 g/mol. The molecule has 43 heavy (non-hydrogen) atoms. The second-order valence-corrected chi connectivity index (χ2v) is 11.4. The maximum Gasteiger partial charge on any atom is 0.247 e. The zero-order valence-corrected chi connectivity index (χ0v) is 25.8. The first-order chi connectivity index (χ1) is 20.1. The summed E-state index contributed by atoms with van der Waals surface area (Å²) in [5.74, 6) is -3.16. The van der Waals surface area contributed by atoms with Crippen molar-refractivity contribution in [1.82, 2.24) is 21.3 Å². The highest BCUT2D eigenvalue weighted by molar-refractivity contribution is 5.96. The highest BCUT2D eigenvalue weighted by Crippen LogP contribution is 2.15. The van der Waals surface area contributed by atoms with Gasteiger partial charge >= 0.3 is 0 Å². The van der Waals surface area contributed by atoms with Gasteiger partial charge in [-0.2, -0.15) is 0 Å². The summed E-state index contributed by atoms with van der Waals surface area (Å²) in [6, 6.07) is 3.57. The first kappa shape index (κ1) is 36.8. The third-order valence-electron chi connectivity index (χ3n) is 6.38. The lowest BCUT2D eigenvalue weighted by molar-refractivity contribution is -0.135. The molecule has 0 heterocycles. The number of guanidine groups is 1. The van der Waals surface area contributed by atoms with E-state index in [0.717, 1.165) is 0 Å². The van der Waals surface area contributed by atoms with Crippen molar-refractivity contribution in [3.8, 4) is 0 Å². The molecule has 0 saturated carbocycles. The van der Waals surface area contributed by atoms with E-state index >= 15 is 0 Å². The summed E-state index contributed by atoms with van der Waals surface area (Å²) in [6.07, 6.45) is 1.10. The minimum atomic E-state index is -1.10. The summed E-state index contributed by atoms with van der Waals surface area (Å²) in [4.78, 5) is 68.6. The van der Waals surface area contributed by atoms with Crippen LogP contribution in [0.3, 0.4) is 0 Å². The molecule has 1 rings (SSSR count). The van der Waals surface area contributed by atoms with Gasteiger partial charge in [0.1, 0.15) is 24.2 Å². The van der Waals surface area contributed by atoms with Crippen LogP contribution in [0.1, 0.15) is 71.9 Å². The molecule has 5 amide bonds. The van der Waals surface area contributed by atoms with E-state index in [0.29, 0.717) is 12.0 Å². The summed E-state index contributed by atoms with van der Waals surface area (Å²) in [5.41, 5.74) is 22.4. The molecule has 14 nitrogen and oxygen atoms in total. The smallest absolute Gasteiger partial charge is 0.247 e. The number of aliphatic imine (C=N–C) groups is 1. The fourth-order valence-electron chi connectivity index (χ4n) is 4.21. The highest BCUT2D eigenvalue weighted by Gasteiger charge is 2.32. The molecule has 0 radical (unpaired) electrons. The van der Waals surface area contributed by atoms with Crippen molar-refractivity contribution in [2.24, 2.45) is 39.8 Å². The van der Waals surface area contributed by atoms with Crippen molar-refractivity contribution >= 4 is 35.5 Å². The minimum Gasteiger partial charge on any atom is -0.370 e. The van der Waals surface area contributed by atoms with Crippen molar-refractivity contribution in [3.63, 3.8) is 0 Å². The molecule has 0 saturated heterocycles. The number of benzene rings is 1. The molecule has 0 aliphatic heterocycles. The second kappa shape index (κ2) is 18.4. The van der Waals surface area contributed by atoms with Gasteiger partial charge in [0, 0.05) is 6.54 Å². The predicted octanol–water partition coefficient (Wildman–Crippen LogP) is -0.723. The molecule has 14 heteroatoms. The first-order valence-corrected chi connectivity index (χ1v) is 14.5. The van der Waals surface area contributed by atoms with Crippen LogP contribution in [0.5, 0.6) is 0 Å². The fraction of sp³-hybridized carbons (Fsp3) is 0.586. The SMILES string of the molecule is CC(C)C[C@H](NC(=O)C(NC(=O)[C@H](C)N)c1ccccc1)C(=O)N[C@@H](CC(C)C)C(=O)N[C@@H](CCCN=C(N)N)C(N)=O. The van der Waals surface area contributed by atoms with Crippen molar-refractivity contribution in [2.75, 3.05) is 6.54 Å². The van der Waals surface area contributed by atoms with Gasteiger partial charge in [-0.1, -0.05) is 58.0 Å². The molecule has 1 aromatic rings.